The lowest BCUT2D eigenvalue weighted by Crippen LogP contribution is -2.38. The molecule has 3 saturated carbocycles. The molecule has 0 radical (unpaired) electrons. The second-order valence-corrected chi connectivity index (χ2v) is 13.1. The molecule has 2 aromatic carbocycles. The van der Waals surface area contributed by atoms with Gasteiger partial charge in [-0.1, -0.05) is 31.9 Å². The molecule has 5 rings (SSSR count). The zero-order valence-electron chi connectivity index (χ0n) is 24.6. The lowest BCUT2D eigenvalue weighted by atomic mass is 9.68. The van der Waals surface area contributed by atoms with Gasteiger partial charge >= 0.3 is 12.3 Å². The Hall–Kier alpha value is -2.45. The van der Waals surface area contributed by atoms with Crippen LogP contribution in [-0.4, -0.2) is 18.9 Å². The molecule has 3 aliphatic rings. The van der Waals surface area contributed by atoms with E-state index < -0.39 is 42.1 Å². The van der Waals surface area contributed by atoms with Crippen molar-refractivity contribution in [2.75, 3.05) is 6.61 Å². The predicted octanol–water partition coefficient (Wildman–Crippen LogP) is 11.0. The van der Waals surface area contributed by atoms with E-state index in [-0.39, 0.29) is 24.6 Å². The highest BCUT2D eigenvalue weighted by Gasteiger charge is 2.45. The molecule has 0 N–H and O–H groups in total. The maximum absolute atomic E-state index is 15.2. The predicted molar refractivity (Wildman–Crippen MR) is 150 cm³/mol. The molecule has 2 aromatic rings. The highest BCUT2D eigenvalue weighted by Crippen LogP contribution is 2.47. The standard InChI is InChI=1S/C34H41F7O2/c1-21-2-4-24(5-3-21)26-12-16-29(30(35)18-26)25-8-6-22(7-9-25)23-10-13-27(14-11-23)34(40,41)43-28-15-17-32(31(36)19-28)42-20-33(37,38)39/h12,15-19,21-25,27H,2-11,13-14,20H2,1H3. The van der Waals surface area contributed by atoms with Crippen LogP contribution >= 0.6 is 0 Å². The number of alkyl halides is 5. The zero-order chi connectivity index (χ0) is 30.8. The molecule has 0 heterocycles. The van der Waals surface area contributed by atoms with Gasteiger partial charge in [0, 0.05) is 6.07 Å². The highest BCUT2D eigenvalue weighted by molar-refractivity contribution is 5.33. The van der Waals surface area contributed by atoms with E-state index in [0.29, 0.717) is 36.7 Å². The number of ether oxygens (including phenoxy) is 2. The number of benzene rings is 2. The van der Waals surface area contributed by atoms with Crippen LogP contribution in [-0.2, 0) is 0 Å². The van der Waals surface area contributed by atoms with E-state index in [0.717, 1.165) is 67.7 Å². The molecule has 0 unspecified atom stereocenters. The van der Waals surface area contributed by atoms with E-state index in [1.807, 2.05) is 6.07 Å². The third-order valence-electron chi connectivity index (χ3n) is 10.2. The molecule has 0 saturated heterocycles. The molecule has 0 amide bonds. The first kappa shape index (κ1) is 32.0. The first-order valence-electron chi connectivity index (χ1n) is 15.7. The Morgan fingerprint density at radius 1 is 0.674 bits per heavy atom. The quantitative estimate of drug-likeness (QED) is 0.276. The normalized spacial score (nSPS) is 28.8. The summed E-state index contributed by atoms with van der Waals surface area (Å²) in [6.07, 6.45) is 1.98. The molecule has 2 nitrogen and oxygen atoms in total. The molecular formula is C34H41F7O2. The molecule has 3 aliphatic carbocycles. The third kappa shape index (κ3) is 8.18. The fourth-order valence-electron chi connectivity index (χ4n) is 7.61. The van der Waals surface area contributed by atoms with Gasteiger partial charge in [-0.25, -0.2) is 8.78 Å². The lowest BCUT2D eigenvalue weighted by Gasteiger charge is -2.39. The molecule has 0 spiro atoms. The van der Waals surface area contributed by atoms with Crippen molar-refractivity contribution in [1.29, 1.82) is 0 Å². The van der Waals surface area contributed by atoms with Crippen molar-refractivity contribution in [3.05, 3.63) is 59.2 Å². The van der Waals surface area contributed by atoms with Crippen molar-refractivity contribution in [3.8, 4) is 11.5 Å². The summed E-state index contributed by atoms with van der Waals surface area (Å²) >= 11 is 0. The number of rotatable bonds is 8. The molecule has 238 valence electrons. The highest BCUT2D eigenvalue weighted by atomic mass is 19.4. The van der Waals surface area contributed by atoms with Crippen LogP contribution in [0.3, 0.4) is 0 Å². The largest absolute Gasteiger partial charge is 0.481 e. The van der Waals surface area contributed by atoms with Gasteiger partial charge in [0.25, 0.3) is 0 Å². The van der Waals surface area contributed by atoms with E-state index in [1.165, 1.54) is 12.8 Å². The van der Waals surface area contributed by atoms with E-state index >= 15 is 4.39 Å². The molecule has 0 aromatic heterocycles. The van der Waals surface area contributed by atoms with Crippen molar-refractivity contribution in [1.82, 2.24) is 0 Å². The first-order valence-corrected chi connectivity index (χ1v) is 15.7. The average Bonchev–Trinajstić information content (AvgIpc) is 2.97. The van der Waals surface area contributed by atoms with Gasteiger partial charge in [-0.3, -0.25) is 0 Å². The van der Waals surface area contributed by atoms with Crippen molar-refractivity contribution >= 4 is 0 Å². The van der Waals surface area contributed by atoms with Crippen molar-refractivity contribution < 1.29 is 40.2 Å². The summed E-state index contributed by atoms with van der Waals surface area (Å²) in [4.78, 5) is 0. The Bertz CT molecular complexity index is 1210. The number of halogens is 7. The smallest absolute Gasteiger partial charge is 0.422 e. The van der Waals surface area contributed by atoms with Crippen molar-refractivity contribution in [2.45, 2.75) is 108 Å². The monoisotopic (exact) mass is 614 g/mol. The summed E-state index contributed by atoms with van der Waals surface area (Å²) in [5.74, 6) is -1.32. The second-order valence-electron chi connectivity index (χ2n) is 13.1. The summed E-state index contributed by atoms with van der Waals surface area (Å²) in [6, 6.07) is 8.35. The van der Waals surface area contributed by atoms with Crippen LogP contribution in [0.15, 0.2) is 36.4 Å². The van der Waals surface area contributed by atoms with E-state index in [2.05, 4.69) is 17.7 Å². The lowest BCUT2D eigenvalue weighted by molar-refractivity contribution is -0.224. The summed E-state index contributed by atoms with van der Waals surface area (Å²) < 4.78 is 105. The topological polar surface area (TPSA) is 18.5 Å². The van der Waals surface area contributed by atoms with Gasteiger partial charge in [-0.15, -0.1) is 0 Å². The minimum Gasteiger partial charge on any atom is -0.481 e. The van der Waals surface area contributed by atoms with E-state index in [9.17, 15) is 26.3 Å². The Morgan fingerprint density at radius 3 is 1.86 bits per heavy atom. The van der Waals surface area contributed by atoms with Crippen LogP contribution in [0, 0.1) is 35.3 Å². The molecule has 0 aliphatic heterocycles. The summed E-state index contributed by atoms with van der Waals surface area (Å²) in [5, 5.41) is 0. The van der Waals surface area contributed by atoms with Crippen LogP contribution < -0.4 is 9.47 Å². The van der Waals surface area contributed by atoms with Crippen LogP contribution in [0.4, 0.5) is 30.7 Å². The minimum atomic E-state index is -4.65. The van der Waals surface area contributed by atoms with Gasteiger partial charge in [0.15, 0.2) is 18.2 Å². The van der Waals surface area contributed by atoms with Crippen LogP contribution in [0.5, 0.6) is 11.5 Å². The van der Waals surface area contributed by atoms with Crippen LogP contribution in [0.2, 0.25) is 0 Å². The molecular weight excluding hydrogens is 573 g/mol. The zero-order valence-corrected chi connectivity index (χ0v) is 24.6. The maximum atomic E-state index is 15.2. The minimum absolute atomic E-state index is 0.0920. The molecule has 9 heteroatoms. The number of hydrogen-bond acceptors (Lipinski definition) is 2. The van der Waals surface area contributed by atoms with Crippen LogP contribution in [0.1, 0.15) is 107 Å². The van der Waals surface area contributed by atoms with Gasteiger partial charge in [0.05, 0.1) is 5.92 Å². The molecule has 3 fully saturated rings. The SMILES string of the molecule is CC1CCC(c2ccc(C3CCC(C4CCC(C(F)(F)Oc5ccc(OCC(F)(F)F)c(F)c5)CC4)CC3)c(F)c2)CC1. The Morgan fingerprint density at radius 2 is 1.28 bits per heavy atom. The molecule has 0 bridgehead atoms. The summed E-state index contributed by atoms with van der Waals surface area (Å²) in [6.45, 7) is 0.596. The van der Waals surface area contributed by atoms with E-state index in [4.69, 9.17) is 4.74 Å². The van der Waals surface area contributed by atoms with Crippen LogP contribution in [0.25, 0.3) is 0 Å². The summed E-state index contributed by atoms with van der Waals surface area (Å²) in [5.41, 5.74) is 1.93. The average molecular weight is 615 g/mol. The summed E-state index contributed by atoms with van der Waals surface area (Å²) in [7, 11) is 0. The number of hydrogen-bond donors (Lipinski definition) is 0. The fourth-order valence-corrected chi connectivity index (χ4v) is 7.61. The molecule has 43 heavy (non-hydrogen) atoms. The van der Waals surface area contributed by atoms with Gasteiger partial charge in [0.1, 0.15) is 11.6 Å². The maximum Gasteiger partial charge on any atom is 0.422 e. The van der Waals surface area contributed by atoms with Crippen molar-refractivity contribution in [2.24, 2.45) is 23.7 Å². The van der Waals surface area contributed by atoms with Gasteiger partial charge in [-0.2, -0.15) is 22.0 Å². The van der Waals surface area contributed by atoms with Crippen molar-refractivity contribution in [3.63, 3.8) is 0 Å². The van der Waals surface area contributed by atoms with Gasteiger partial charge < -0.3 is 9.47 Å². The fraction of sp³-hybridized carbons (Fsp3) is 0.647. The van der Waals surface area contributed by atoms with Gasteiger partial charge in [0.2, 0.25) is 0 Å². The van der Waals surface area contributed by atoms with Gasteiger partial charge in [-0.05, 0) is 123 Å². The third-order valence-corrected chi connectivity index (χ3v) is 10.2. The Balaban J connectivity index is 1.09. The Labute approximate surface area is 249 Å². The molecule has 0 atom stereocenters. The Kier molecular flexibility index (Phi) is 9.86. The first-order chi connectivity index (χ1) is 20.4. The second kappa shape index (κ2) is 13.3. The van der Waals surface area contributed by atoms with E-state index in [1.54, 1.807) is 6.07 Å².